The molecule has 2 fully saturated rings. The fraction of sp³-hybridized carbons (Fsp3) is 0.647. The molecule has 1 aromatic carbocycles. The van der Waals surface area contributed by atoms with Gasteiger partial charge < -0.3 is 10.4 Å². The highest BCUT2D eigenvalue weighted by atomic mass is 16.3. The number of nitrogens with zero attached hydrogens (tertiary/aromatic N) is 1. The molecule has 20 heavy (non-hydrogen) atoms. The van der Waals surface area contributed by atoms with E-state index >= 15 is 0 Å². The Morgan fingerprint density at radius 3 is 2.40 bits per heavy atom. The molecule has 0 aromatic heterocycles. The quantitative estimate of drug-likeness (QED) is 0.866. The van der Waals surface area contributed by atoms with Crippen LogP contribution in [-0.2, 0) is 0 Å². The van der Waals surface area contributed by atoms with Crippen molar-refractivity contribution in [2.45, 2.75) is 44.7 Å². The lowest BCUT2D eigenvalue weighted by molar-refractivity contribution is 0.152. The molecule has 3 nitrogen and oxygen atoms in total. The minimum atomic E-state index is 0.351. The summed E-state index contributed by atoms with van der Waals surface area (Å²) < 4.78 is 0. The SMILES string of the molecule is CC(c1ccc(O)cc1)N1CCC(NCC2CC2)CC1. The summed E-state index contributed by atoms with van der Waals surface area (Å²) in [5, 5.41) is 13.1. The number of nitrogens with one attached hydrogen (secondary N) is 1. The third kappa shape index (κ3) is 3.53. The zero-order chi connectivity index (χ0) is 13.9. The molecular weight excluding hydrogens is 248 g/mol. The largest absolute Gasteiger partial charge is 0.508 e. The third-order valence-corrected chi connectivity index (χ3v) is 4.84. The second-order valence-electron chi connectivity index (χ2n) is 6.43. The normalized spacial score (nSPS) is 22.9. The topological polar surface area (TPSA) is 35.5 Å². The van der Waals surface area contributed by atoms with Crippen LogP contribution in [0.25, 0.3) is 0 Å². The lowest BCUT2D eigenvalue weighted by Gasteiger charge is -2.36. The Kier molecular flexibility index (Phi) is 4.27. The van der Waals surface area contributed by atoms with Crippen LogP contribution in [0, 0.1) is 5.92 Å². The van der Waals surface area contributed by atoms with Gasteiger partial charge in [-0.15, -0.1) is 0 Å². The summed E-state index contributed by atoms with van der Waals surface area (Å²) in [6.45, 7) is 5.84. The lowest BCUT2D eigenvalue weighted by atomic mass is 10.00. The first kappa shape index (κ1) is 13.9. The molecule has 1 saturated carbocycles. The Labute approximate surface area is 122 Å². The molecule has 0 spiro atoms. The Morgan fingerprint density at radius 2 is 1.80 bits per heavy atom. The van der Waals surface area contributed by atoms with Crippen LogP contribution in [-0.4, -0.2) is 35.7 Å². The van der Waals surface area contributed by atoms with E-state index in [0.717, 1.165) is 12.0 Å². The maximum absolute atomic E-state index is 9.37. The highest BCUT2D eigenvalue weighted by molar-refractivity contribution is 5.27. The van der Waals surface area contributed by atoms with E-state index in [-0.39, 0.29) is 0 Å². The van der Waals surface area contributed by atoms with Crippen molar-refractivity contribution in [3.63, 3.8) is 0 Å². The zero-order valence-electron chi connectivity index (χ0n) is 12.4. The fourth-order valence-corrected chi connectivity index (χ4v) is 3.11. The maximum Gasteiger partial charge on any atom is 0.115 e. The Morgan fingerprint density at radius 1 is 1.15 bits per heavy atom. The summed E-state index contributed by atoms with van der Waals surface area (Å²) in [6.07, 6.45) is 5.39. The van der Waals surface area contributed by atoms with Crippen molar-refractivity contribution in [1.29, 1.82) is 0 Å². The number of benzene rings is 1. The van der Waals surface area contributed by atoms with E-state index in [1.165, 1.54) is 50.9 Å². The third-order valence-electron chi connectivity index (χ3n) is 4.84. The first-order valence-corrected chi connectivity index (χ1v) is 7.99. The second-order valence-corrected chi connectivity index (χ2v) is 6.43. The first-order valence-electron chi connectivity index (χ1n) is 7.99. The summed E-state index contributed by atoms with van der Waals surface area (Å²) in [4.78, 5) is 2.56. The van der Waals surface area contributed by atoms with E-state index in [9.17, 15) is 5.11 Å². The van der Waals surface area contributed by atoms with Gasteiger partial charge in [0.1, 0.15) is 5.75 Å². The van der Waals surface area contributed by atoms with E-state index in [0.29, 0.717) is 11.8 Å². The maximum atomic E-state index is 9.37. The van der Waals surface area contributed by atoms with E-state index in [1.54, 1.807) is 12.1 Å². The fourth-order valence-electron chi connectivity index (χ4n) is 3.11. The Bertz CT molecular complexity index is 419. The highest BCUT2D eigenvalue weighted by Crippen LogP contribution is 2.29. The number of hydrogen-bond acceptors (Lipinski definition) is 3. The van der Waals surface area contributed by atoms with E-state index in [4.69, 9.17) is 0 Å². The van der Waals surface area contributed by atoms with Crippen molar-refractivity contribution < 1.29 is 5.11 Å². The van der Waals surface area contributed by atoms with Crippen molar-refractivity contribution in [2.75, 3.05) is 19.6 Å². The lowest BCUT2D eigenvalue weighted by Crippen LogP contribution is -2.43. The summed E-state index contributed by atoms with van der Waals surface area (Å²) in [5.74, 6) is 1.33. The molecule has 0 amide bonds. The van der Waals surface area contributed by atoms with Gasteiger partial charge in [-0.05, 0) is 62.8 Å². The molecule has 110 valence electrons. The monoisotopic (exact) mass is 274 g/mol. The number of hydrogen-bond donors (Lipinski definition) is 2. The summed E-state index contributed by atoms with van der Waals surface area (Å²) in [5.41, 5.74) is 1.30. The molecule has 1 aromatic rings. The molecule has 1 heterocycles. The van der Waals surface area contributed by atoms with Gasteiger partial charge in [-0.3, -0.25) is 4.90 Å². The van der Waals surface area contributed by atoms with Crippen LogP contribution in [0.15, 0.2) is 24.3 Å². The van der Waals surface area contributed by atoms with Crippen molar-refractivity contribution in [3.05, 3.63) is 29.8 Å². The van der Waals surface area contributed by atoms with Crippen LogP contribution in [0.4, 0.5) is 0 Å². The number of rotatable bonds is 5. The van der Waals surface area contributed by atoms with Crippen molar-refractivity contribution in [1.82, 2.24) is 10.2 Å². The van der Waals surface area contributed by atoms with Gasteiger partial charge in [-0.2, -0.15) is 0 Å². The number of aromatic hydroxyl groups is 1. The average molecular weight is 274 g/mol. The van der Waals surface area contributed by atoms with Crippen LogP contribution in [0.1, 0.15) is 44.2 Å². The molecule has 2 N–H and O–H groups in total. The summed E-state index contributed by atoms with van der Waals surface area (Å²) >= 11 is 0. The molecule has 3 rings (SSSR count). The zero-order valence-corrected chi connectivity index (χ0v) is 12.4. The van der Waals surface area contributed by atoms with Crippen LogP contribution in [0.3, 0.4) is 0 Å². The summed E-state index contributed by atoms with van der Waals surface area (Å²) in [7, 11) is 0. The highest BCUT2D eigenvalue weighted by Gasteiger charge is 2.26. The number of piperidine rings is 1. The molecule has 2 aliphatic rings. The minimum absolute atomic E-state index is 0.351. The van der Waals surface area contributed by atoms with Gasteiger partial charge in [0, 0.05) is 25.2 Å². The molecule has 0 bridgehead atoms. The number of likely N-dealkylation sites (tertiary alicyclic amines) is 1. The molecule has 1 unspecified atom stereocenters. The smallest absolute Gasteiger partial charge is 0.115 e. The van der Waals surface area contributed by atoms with Gasteiger partial charge in [-0.1, -0.05) is 12.1 Å². The molecule has 3 heteroatoms. The molecule has 1 saturated heterocycles. The van der Waals surface area contributed by atoms with Gasteiger partial charge in [0.2, 0.25) is 0 Å². The van der Waals surface area contributed by atoms with Crippen LogP contribution in [0.2, 0.25) is 0 Å². The van der Waals surface area contributed by atoms with Crippen LogP contribution < -0.4 is 5.32 Å². The Hall–Kier alpha value is -1.06. The predicted molar refractivity (Wildman–Crippen MR) is 81.8 cm³/mol. The second kappa shape index (κ2) is 6.15. The minimum Gasteiger partial charge on any atom is -0.508 e. The number of phenolic OH excluding ortho intramolecular Hbond substituents is 1. The standard InChI is InChI=1S/C17H26N2O/c1-13(15-4-6-17(20)7-5-15)19-10-8-16(9-11-19)18-12-14-2-3-14/h4-7,13-14,16,18,20H,2-3,8-12H2,1H3. The average Bonchev–Trinajstić information content (AvgIpc) is 3.30. The van der Waals surface area contributed by atoms with Crippen LogP contribution in [0.5, 0.6) is 5.75 Å². The molecule has 0 radical (unpaired) electrons. The van der Waals surface area contributed by atoms with Crippen molar-refractivity contribution in [3.8, 4) is 5.75 Å². The van der Waals surface area contributed by atoms with Crippen molar-refractivity contribution in [2.24, 2.45) is 5.92 Å². The van der Waals surface area contributed by atoms with Gasteiger partial charge in [0.05, 0.1) is 0 Å². The van der Waals surface area contributed by atoms with Gasteiger partial charge in [0.15, 0.2) is 0 Å². The predicted octanol–water partition coefficient (Wildman–Crippen LogP) is 2.92. The van der Waals surface area contributed by atoms with Gasteiger partial charge in [0.25, 0.3) is 0 Å². The van der Waals surface area contributed by atoms with Gasteiger partial charge >= 0.3 is 0 Å². The number of phenols is 1. The van der Waals surface area contributed by atoms with Crippen molar-refractivity contribution >= 4 is 0 Å². The molecular formula is C17H26N2O. The Balaban J connectivity index is 1.47. The van der Waals surface area contributed by atoms with Crippen LogP contribution >= 0.6 is 0 Å². The van der Waals surface area contributed by atoms with E-state index in [2.05, 4.69) is 17.1 Å². The van der Waals surface area contributed by atoms with E-state index < -0.39 is 0 Å². The molecule has 1 aliphatic carbocycles. The first-order chi connectivity index (χ1) is 9.72. The summed E-state index contributed by atoms with van der Waals surface area (Å²) in [6, 6.07) is 8.82. The van der Waals surface area contributed by atoms with E-state index in [1.807, 2.05) is 12.1 Å². The molecule has 1 atom stereocenters. The molecule has 1 aliphatic heterocycles. The van der Waals surface area contributed by atoms with Gasteiger partial charge in [-0.25, -0.2) is 0 Å².